The summed E-state index contributed by atoms with van der Waals surface area (Å²) in [4.78, 5) is 16.2. The lowest BCUT2D eigenvalue weighted by Crippen LogP contribution is -2.21. The Balaban J connectivity index is 0.000000423. The molecular formula is C18H13BrF6N2O4. The van der Waals surface area contributed by atoms with E-state index in [0.29, 0.717) is 33.9 Å². The average Bonchev–Trinajstić information content (AvgIpc) is 3.08. The number of H-pyrrole nitrogens is 1. The largest absolute Gasteiger partial charge is 0.493 e. The van der Waals surface area contributed by atoms with Gasteiger partial charge in [0.2, 0.25) is 0 Å². The van der Waals surface area contributed by atoms with Crippen molar-refractivity contribution in [3.8, 4) is 22.9 Å². The van der Waals surface area contributed by atoms with E-state index in [0.717, 1.165) is 6.07 Å². The molecule has 0 saturated heterocycles. The minimum Gasteiger partial charge on any atom is -0.493 e. The molecule has 6 nitrogen and oxygen atoms in total. The van der Waals surface area contributed by atoms with Crippen molar-refractivity contribution in [2.24, 2.45) is 0 Å². The Morgan fingerprint density at radius 3 is 2.10 bits per heavy atom. The number of benzene rings is 2. The fourth-order valence-corrected chi connectivity index (χ4v) is 2.92. The zero-order valence-electron chi connectivity index (χ0n) is 15.7. The van der Waals surface area contributed by atoms with Crippen LogP contribution in [0.15, 0.2) is 34.8 Å². The summed E-state index contributed by atoms with van der Waals surface area (Å²) >= 11 is 2.95. The third-order valence-corrected chi connectivity index (χ3v) is 4.43. The number of aromatic nitrogens is 2. The van der Waals surface area contributed by atoms with Gasteiger partial charge in [0.25, 0.3) is 0 Å². The van der Waals surface area contributed by atoms with Gasteiger partial charge in [-0.3, -0.25) is 0 Å². The summed E-state index contributed by atoms with van der Waals surface area (Å²) in [6.45, 7) is 0. The first-order valence-electron chi connectivity index (χ1n) is 8.07. The van der Waals surface area contributed by atoms with E-state index in [-0.39, 0.29) is 4.47 Å². The molecule has 0 saturated carbocycles. The summed E-state index contributed by atoms with van der Waals surface area (Å²) in [6.07, 6.45) is -9.53. The molecule has 0 spiro atoms. The summed E-state index contributed by atoms with van der Waals surface area (Å²) in [5.74, 6) is -1.25. The van der Waals surface area contributed by atoms with E-state index in [4.69, 9.17) is 19.4 Å². The molecule has 168 valence electrons. The molecule has 1 aromatic heterocycles. The van der Waals surface area contributed by atoms with Gasteiger partial charge < -0.3 is 19.6 Å². The third-order valence-electron chi connectivity index (χ3n) is 3.78. The number of nitrogens with zero attached hydrogens (tertiary/aromatic N) is 1. The molecule has 31 heavy (non-hydrogen) atoms. The molecule has 0 fully saturated rings. The quantitative estimate of drug-likeness (QED) is 0.440. The molecule has 3 rings (SSSR count). The number of carbonyl (C=O) groups is 1. The Bertz CT molecular complexity index is 1100. The van der Waals surface area contributed by atoms with Crippen LogP contribution in [0.25, 0.3) is 22.4 Å². The number of nitrogens with one attached hydrogen (secondary N) is 1. The van der Waals surface area contributed by atoms with Gasteiger partial charge in [-0.1, -0.05) is 15.9 Å². The van der Waals surface area contributed by atoms with Gasteiger partial charge in [0.1, 0.15) is 5.82 Å². The summed E-state index contributed by atoms with van der Waals surface area (Å²) in [6, 6.07) is 7.54. The van der Waals surface area contributed by atoms with Crippen LogP contribution in [0.4, 0.5) is 26.3 Å². The van der Waals surface area contributed by atoms with E-state index >= 15 is 0 Å². The molecule has 0 bridgehead atoms. The van der Waals surface area contributed by atoms with Crippen LogP contribution in [0.3, 0.4) is 0 Å². The summed E-state index contributed by atoms with van der Waals surface area (Å²) < 4.78 is 81.1. The van der Waals surface area contributed by atoms with Crippen molar-refractivity contribution >= 4 is 32.9 Å². The van der Waals surface area contributed by atoms with Crippen molar-refractivity contribution in [3.05, 3.63) is 40.4 Å². The van der Waals surface area contributed by atoms with Crippen LogP contribution in [0, 0.1) is 0 Å². The number of hydrogen-bond acceptors (Lipinski definition) is 4. The second-order valence-electron chi connectivity index (χ2n) is 5.81. The number of rotatable bonds is 3. The number of aliphatic carboxylic acids is 1. The second-order valence-corrected chi connectivity index (χ2v) is 6.66. The third kappa shape index (κ3) is 5.81. The predicted octanol–water partition coefficient (Wildman–Crippen LogP) is 5.66. The molecule has 0 amide bonds. The fraction of sp³-hybridized carbons (Fsp3) is 0.222. The minimum absolute atomic E-state index is 0.0483. The standard InChI is InChI=1S/C16H12BrF3N2O2.C2HF3O2/c1-23-13-4-3-8(5-14(13)24-2)15-21-11-6-9(16(18,19)20)10(17)7-12(11)22-15;3-2(4,5)1(6)7/h3-7H,1-2H3,(H,21,22);(H,6,7). The molecule has 13 heteroatoms. The van der Waals surface area contributed by atoms with Gasteiger partial charge in [-0.25, -0.2) is 9.78 Å². The number of carboxylic acids is 1. The molecule has 0 aliphatic rings. The molecule has 0 atom stereocenters. The van der Waals surface area contributed by atoms with Crippen molar-refractivity contribution in [3.63, 3.8) is 0 Å². The summed E-state index contributed by atoms with van der Waals surface area (Å²) in [5.41, 5.74) is 0.654. The van der Waals surface area contributed by atoms with Crippen LogP contribution in [0.1, 0.15) is 5.56 Å². The molecule has 0 aliphatic carbocycles. The van der Waals surface area contributed by atoms with Crippen LogP contribution >= 0.6 is 15.9 Å². The lowest BCUT2D eigenvalue weighted by molar-refractivity contribution is -0.192. The number of imidazole rings is 1. The van der Waals surface area contributed by atoms with Crippen LogP contribution < -0.4 is 9.47 Å². The molecule has 0 radical (unpaired) electrons. The predicted molar refractivity (Wildman–Crippen MR) is 101 cm³/mol. The van der Waals surface area contributed by atoms with Crippen LogP contribution in [-0.2, 0) is 11.0 Å². The van der Waals surface area contributed by atoms with Gasteiger partial charge in [-0.15, -0.1) is 0 Å². The van der Waals surface area contributed by atoms with E-state index in [1.165, 1.54) is 20.3 Å². The van der Waals surface area contributed by atoms with E-state index < -0.39 is 23.9 Å². The van der Waals surface area contributed by atoms with Crippen molar-refractivity contribution in [1.82, 2.24) is 9.97 Å². The highest BCUT2D eigenvalue weighted by atomic mass is 79.9. The summed E-state index contributed by atoms with van der Waals surface area (Å²) in [5, 5.41) is 7.12. The van der Waals surface area contributed by atoms with E-state index in [2.05, 4.69) is 25.9 Å². The SMILES string of the molecule is COc1ccc(-c2nc3cc(Br)c(C(F)(F)F)cc3[nH]2)cc1OC.O=C(O)C(F)(F)F. The van der Waals surface area contributed by atoms with Crippen molar-refractivity contribution in [2.45, 2.75) is 12.4 Å². The number of halogens is 7. The van der Waals surface area contributed by atoms with E-state index in [9.17, 15) is 26.3 Å². The maximum atomic E-state index is 13.0. The van der Waals surface area contributed by atoms with E-state index in [1.807, 2.05) is 0 Å². The number of alkyl halides is 6. The normalized spacial score (nSPS) is 11.6. The first-order valence-corrected chi connectivity index (χ1v) is 8.86. The van der Waals surface area contributed by atoms with Gasteiger partial charge >= 0.3 is 18.3 Å². The number of fused-ring (bicyclic) bond motifs is 1. The number of carboxylic acid groups (broad SMARTS) is 1. The van der Waals surface area contributed by atoms with Gasteiger partial charge in [-0.2, -0.15) is 26.3 Å². The molecule has 2 aromatic carbocycles. The van der Waals surface area contributed by atoms with Crippen molar-refractivity contribution in [1.29, 1.82) is 0 Å². The Hall–Kier alpha value is -2.96. The Morgan fingerprint density at radius 2 is 1.61 bits per heavy atom. The Labute approximate surface area is 178 Å². The van der Waals surface area contributed by atoms with Crippen molar-refractivity contribution in [2.75, 3.05) is 14.2 Å². The molecule has 3 aromatic rings. The lowest BCUT2D eigenvalue weighted by Gasteiger charge is -2.08. The monoisotopic (exact) mass is 514 g/mol. The van der Waals surface area contributed by atoms with Gasteiger partial charge in [0, 0.05) is 10.0 Å². The Morgan fingerprint density at radius 1 is 1.03 bits per heavy atom. The van der Waals surface area contributed by atoms with Crippen LogP contribution in [0.2, 0.25) is 0 Å². The fourth-order valence-electron chi connectivity index (χ4n) is 2.37. The lowest BCUT2D eigenvalue weighted by atomic mass is 10.2. The highest BCUT2D eigenvalue weighted by molar-refractivity contribution is 9.10. The number of ether oxygens (including phenoxy) is 2. The number of aromatic amines is 1. The highest BCUT2D eigenvalue weighted by Crippen LogP contribution is 2.38. The molecular weight excluding hydrogens is 502 g/mol. The minimum atomic E-state index is -5.08. The zero-order valence-corrected chi connectivity index (χ0v) is 17.2. The average molecular weight is 515 g/mol. The van der Waals surface area contributed by atoms with Crippen LogP contribution in [-0.4, -0.2) is 41.4 Å². The maximum Gasteiger partial charge on any atom is 0.490 e. The first-order chi connectivity index (χ1) is 14.3. The Kier molecular flexibility index (Phi) is 7.09. The molecule has 0 unspecified atom stereocenters. The highest BCUT2D eigenvalue weighted by Gasteiger charge is 2.38. The van der Waals surface area contributed by atoms with Gasteiger partial charge in [0.05, 0.1) is 30.8 Å². The first kappa shape index (κ1) is 24.3. The maximum absolute atomic E-state index is 13.0. The van der Waals surface area contributed by atoms with Crippen molar-refractivity contribution < 1.29 is 45.7 Å². The topological polar surface area (TPSA) is 84.4 Å². The summed E-state index contributed by atoms with van der Waals surface area (Å²) in [7, 11) is 3.03. The van der Waals surface area contributed by atoms with Gasteiger partial charge in [-0.05, 0) is 30.3 Å². The van der Waals surface area contributed by atoms with E-state index in [1.54, 1.807) is 18.2 Å². The van der Waals surface area contributed by atoms with Gasteiger partial charge in [0.15, 0.2) is 11.5 Å². The molecule has 0 aliphatic heterocycles. The number of hydrogen-bond donors (Lipinski definition) is 2. The van der Waals surface area contributed by atoms with Crippen LogP contribution in [0.5, 0.6) is 11.5 Å². The second kappa shape index (κ2) is 9.04. The zero-order chi connectivity index (χ0) is 23.6. The molecule has 1 heterocycles. The number of methoxy groups -OCH3 is 2. The molecule has 2 N–H and O–H groups in total. The smallest absolute Gasteiger partial charge is 0.490 e.